The molecule has 1 aliphatic heterocycles. The van der Waals surface area contributed by atoms with Crippen molar-refractivity contribution < 1.29 is 22.5 Å². The topological polar surface area (TPSA) is 77.0 Å². The number of nitrogens with zero attached hydrogens (tertiary/aromatic N) is 5. The van der Waals surface area contributed by atoms with Gasteiger partial charge in [-0.1, -0.05) is 19.0 Å². The molecule has 0 N–H and O–H groups in total. The van der Waals surface area contributed by atoms with E-state index in [9.17, 15) is 18.0 Å². The lowest BCUT2D eigenvalue weighted by Crippen LogP contribution is -2.37. The van der Waals surface area contributed by atoms with Gasteiger partial charge in [0.15, 0.2) is 0 Å². The van der Waals surface area contributed by atoms with Crippen molar-refractivity contribution in [2.24, 2.45) is 7.05 Å². The lowest BCUT2D eigenvalue weighted by atomic mass is 9.90. The molecule has 7 nitrogen and oxygen atoms in total. The fourth-order valence-corrected chi connectivity index (χ4v) is 3.86. The van der Waals surface area contributed by atoms with Crippen LogP contribution in [0.25, 0.3) is 11.1 Å². The highest BCUT2D eigenvalue weighted by molar-refractivity contribution is 5.93. The Hall–Kier alpha value is -2.91. The van der Waals surface area contributed by atoms with E-state index < -0.39 is 11.7 Å². The van der Waals surface area contributed by atoms with Gasteiger partial charge in [0.1, 0.15) is 0 Å². The number of hydrogen-bond acceptors (Lipinski definition) is 5. The highest BCUT2D eigenvalue weighted by atomic mass is 19.4. The Kier molecular flexibility index (Phi) is 5.03. The first-order valence-electron chi connectivity index (χ1n) is 9.80. The second-order valence-electron chi connectivity index (χ2n) is 7.96. The van der Waals surface area contributed by atoms with Crippen LogP contribution in [-0.2, 0) is 13.2 Å². The number of piperidine rings is 1. The number of hydrogen-bond donors (Lipinski definition) is 0. The first kappa shape index (κ1) is 20.4. The lowest BCUT2D eigenvalue weighted by Gasteiger charge is -2.31. The number of fused-ring (bicyclic) bond motifs is 1. The molecule has 4 heterocycles. The van der Waals surface area contributed by atoms with Crippen LogP contribution in [0.5, 0.6) is 0 Å². The molecule has 0 aliphatic carbocycles. The van der Waals surface area contributed by atoms with Crippen LogP contribution in [-0.4, -0.2) is 43.8 Å². The zero-order valence-corrected chi connectivity index (χ0v) is 16.9. The first-order chi connectivity index (χ1) is 14.1. The van der Waals surface area contributed by atoms with Crippen molar-refractivity contribution in [2.75, 3.05) is 13.1 Å². The Bertz CT molecular complexity index is 1080. The Morgan fingerprint density at radius 2 is 1.97 bits per heavy atom. The molecule has 1 fully saturated rings. The van der Waals surface area contributed by atoms with Crippen molar-refractivity contribution in [3.8, 4) is 0 Å². The van der Waals surface area contributed by atoms with Crippen LogP contribution in [0.1, 0.15) is 65.8 Å². The smallest absolute Gasteiger partial charge is 0.339 e. The van der Waals surface area contributed by atoms with Crippen LogP contribution in [0, 0.1) is 0 Å². The second-order valence-corrected chi connectivity index (χ2v) is 7.96. The van der Waals surface area contributed by atoms with Crippen molar-refractivity contribution in [1.82, 2.24) is 24.8 Å². The number of rotatable bonds is 3. The Morgan fingerprint density at radius 3 is 2.53 bits per heavy atom. The van der Waals surface area contributed by atoms with Gasteiger partial charge in [0.25, 0.3) is 11.6 Å². The summed E-state index contributed by atoms with van der Waals surface area (Å²) in [6.45, 7) is 4.40. The molecule has 4 rings (SSSR count). The molecule has 1 saturated heterocycles. The fraction of sp³-hybridized carbons (Fsp3) is 0.500. The summed E-state index contributed by atoms with van der Waals surface area (Å²) in [4.78, 5) is 18.5. The van der Waals surface area contributed by atoms with Gasteiger partial charge in [-0.2, -0.15) is 18.3 Å². The van der Waals surface area contributed by atoms with Gasteiger partial charge in [0, 0.05) is 37.9 Å². The van der Waals surface area contributed by atoms with Crippen LogP contribution < -0.4 is 0 Å². The predicted molar refractivity (Wildman–Crippen MR) is 102 cm³/mol. The number of carbonyl (C=O) groups is 1. The van der Waals surface area contributed by atoms with E-state index in [2.05, 4.69) is 15.2 Å². The highest BCUT2D eigenvalue weighted by Crippen LogP contribution is 2.41. The van der Waals surface area contributed by atoms with Gasteiger partial charge in [0.05, 0.1) is 28.4 Å². The maximum Gasteiger partial charge on any atom is 0.417 e. The number of amides is 1. The SMILES string of the molecule is CC(C)c1cc(C(F)(F)F)c2c(C3CCN(C(=O)c4cnn(C)c4)CC3)noc2n1. The molecule has 0 bridgehead atoms. The minimum Gasteiger partial charge on any atom is -0.339 e. The molecule has 0 spiro atoms. The molecule has 3 aromatic heterocycles. The molecule has 1 amide bonds. The third kappa shape index (κ3) is 3.66. The largest absolute Gasteiger partial charge is 0.417 e. The zero-order chi connectivity index (χ0) is 21.6. The Balaban J connectivity index is 1.61. The molecule has 0 atom stereocenters. The molecule has 0 aromatic carbocycles. The van der Waals surface area contributed by atoms with E-state index in [1.165, 1.54) is 6.20 Å². The van der Waals surface area contributed by atoms with Crippen molar-refractivity contribution >= 4 is 17.0 Å². The fourth-order valence-electron chi connectivity index (χ4n) is 3.86. The van der Waals surface area contributed by atoms with Gasteiger partial charge < -0.3 is 9.42 Å². The number of aromatic nitrogens is 4. The summed E-state index contributed by atoms with van der Waals surface area (Å²) in [5.41, 5.74) is 0.231. The summed E-state index contributed by atoms with van der Waals surface area (Å²) in [6, 6.07) is 1.09. The standard InChI is InChI=1S/C20H22F3N5O2/c1-11(2)15-8-14(20(21,22)23)16-17(26-30-18(16)25-15)12-4-6-28(7-5-12)19(29)13-9-24-27(3)10-13/h8-12H,4-7H2,1-3H3. The molecule has 1 aliphatic rings. The quantitative estimate of drug-likeness (QED) is 0.636. The zero-order valence-electron chi connectivity index (χ0n) is 16.9. The minimum atomic E-state index is -4.54. The van der Waals surface area contributed by atoms with Crippen molar-refractivity contribution in [3.63, 3.8) is 0 Å². The van der Waals surface area contributed by atoms with Crippen LogP contribution in [0.2, 0.25) is 0 Å². The number of likely N-dealkylation sites (tertiary alicyclic amines) is 1. The molecule has 160 valence electrons. The summed E-state index contributed by atoms with van der Waals surface area (Å²) in [5.74, 6) is -0.548. The number of carbonyl (C=O) groups excluding carboxylic acids is 1. The molecule has 3 aromatic rings. The van der Waals surface area contributed by atoms with Gasteiger partial charge in [-0.05, 0) is 24.8 Å². The third-order valence-corrected chi connectivity index (χ3v) is 5.51. The number of pyridine rings is 1. The normalized spacial score (nSPS) is 16.0. The molecule has 0 radical (unpaired) electrons. The van der Waals surface area contributed by atoms with E-state index in [1.807, 2.05) is 0 Å². The summed E-state index contributed by atoms with van der Waals surface area (Å²) < 4.78 is 48.1. The van der Waals surface area contributed by atoms with Crippen molar-refractivity contribution in [3.05, 3.63) is 41.0 Å². The summed E-state index contributed by atoms with van der Waals surface area (Å²) in [5, 5.41) is 7.91. The van der Waals surface area contributed by atoms with Crippen LogP contribution in [0.4, 0.5) is 13.2 Å². The van der Waals surface area contributed by atoms with E-state index in [0.29, 0.717) is 37.2 Å². The third-order valence-electron chi connectivity index (χ3n) is 5.51. The van der Waals surface area contributed by atoms with Crippen molar-refractivity contribution in [2.45, 2.75) is 44.7 Å². The van der Waals surface area contributed by atoms with Gasteiger partial charge in [-0.15, -0.1) is 0 Å². The van der Waals surface area contributed by atoms with E-state index in [1.54, 1.807) is 36.7 Å². The molecular formula is C20H22F3N5O2. The monoisotopic (exact) mass is 421 g/mol. The van der Waals surface area contributed by atoms with E-state index in [0.717, 1.165) is 6.07 Å². The number of aryl methyl sites for hydroxylation is 1. The van der Waals surface area contributed by atoms with Crippen LogP contribution in [0.3, 0.4) is 0 Å². The van der Waals surface area contributed by atoms with Crippen molar-refractivity contribution in [1.29, 1.82) is 0 Å². The Morgan fingerprint density at radius 1 is 1.27 bits per heavy atom. The Labute approximate surface area is 170 Å². The van der Waals surface area contributed by atoms with E-state index in [4.69, 9.17) is 4.52 Å². The molecule has 0 saturated carbocycles. The number of halogens is 3. The average molecular weight is 421 g/mol. The maximum absolute atomic E-state index is 13.8. The highest BCUT2D eigenvalue weighted by Gasteiger charge is 2.38. The molecule has 30 heavy (non-hydrogen) atoms. The van der Waals surface area contributed by atoms with Gasteiger partial charge in [0.2, 0.25) is 0 Å². The summed E-state index contributed by atoms with van der Waals surface area (Å²) >= 11 is 0. The van der Waals surface area contributed by atoms with Gasteiger partial charge >= 0.3 is 6.18 Å². The van der Waals surface area contributed by atoms with Crippen LogP contribution in [0.15, 0.2) is 23.0 Å². The summed E-state index contributed by atoms with van der Waals surface area (Å²) in [7, 11) is 1.73. The molecular weight excluding hydrogens is 399 g/mol. The van der Waals surface area contributed by atoms with Gasteiger partial charge in [-0.25, -0.2) is 4.98 Å². The minimum absolute atomic E-state index is 0.0658. The maximum atomic E-state index is 13.8. The average Bonchev–Trinajstić information content (AvgIpc) is 3.32. The van der Waals surface area contributed by atoms with Gasteiger partial charge in [-0.3, -0.25) is 9.48 Å². The lowest BCUT2D eigenvalue weighted by molar-refractivity contribution is -0.136. The van der Waals surface area contributed by atoms with E-state index >= 15 is 0 Å². The predicted octanol–water partition coefficient (Wildman–Crippen LogP) is 4.12. The molecule has 0 unspecified atom stereocenters. The van der Waals surface area contributed by atoms with E-state index in [-0.39, 0.29) is 34.5 Å². The number of alkyl halides is 3. The molecule has 10 heteroatoms. The second kappa shape index (κ2) is 7.41. The van der Waals surface area contributed by atoms with Crippen LogP contribution >= 0.6 is 0 Å². The summed E-state index contributed by atoms with van der Waals surface area (Å²) in [6.07, 6.45) is -0.393. The first-order valence-corrected chi connectivity index (χ1v) is 9.80.